The molecule has 0 aromatic heterocycles. The zero-order valence-electron chi connectivity index (χ0n) is 10.9. The van der Waals surface area contributed by atoms with Crippen LogP contribution in [0.4, 0.5) is 0 Å². The lowest BCUT2D eigenvalue weighted by Crippen LogP contribution is -2.56. The molecule has 4 unspecified atom stereocenters. The summed E-state index contributed by atoms with van der Waals surface area (Å²) in [6.45, 7) is 9.25. The molecule has 2 aliphatic rings. The molecule has 2 rings (SSSR count). The molecule has 0 aromatic carbocycles. The number of ether oxygens (including phenoxy) is 2. The van der Waals surface area contributed by atoms with Gasteiger partial charge in [0.25, 0.3) is 0 Å². The normalized spacial score (nSPS) is 33.6. The van der Waals surface area contributed by atoms with Gasteiger partial charge in [0, 0.05) is 19.1 Å². The Balaban J connectivity index is 1.87. The van der Waals surface area contributed by atoms with E-state index >= 15 is 0 Å². The van der Waals surface area contributed by atoms with Gasteiger partial charge in [-0.05, 0) is 13.8 Å². The number of hydrogen-bond acceptors (Lipinski definition) is 5. The van der Waals surface area contributed by atoms with Crippen molar-refractivity contribution in [2.45, 2.75) is 45.7 Å². The first-order chi connectivity index (χ1) is 8.01. The molecule has 0 aromatic rings. The van der Waals surface area contributed by atoms with Gasteiger partial charge in [-0.25, -0.2) is 0 Å². The molecule has 2 saturated heterocycles. The lowest BCUT2D eigenvalue weighted by Gasteiger charge is -2.31. The van der Waals surface area contributed by atoms with Gasteiger partial charge < -0.3 is 9.47 Å². The van der Waals surface area contributed by atoms with Gasteiger partial charge in [-0.15, -0.1) is 0 Å². The number of carbonyl (C=O) groups is 1. The molecule has 2 heterocycles. The van der Waals surface area contributed by atoms with Gasteiger partial charge >= 0.3 is 5.97 Å². The number of nitrogens with one attached hydrogen (secondary N) is 2. The summed E-state index contributed by atoms with van der Waals surface area (Å²) in [5, 5.41) is 6.54. The van der Waals surface area contributed by atoms with Crippen LogP contribution in [0.25, 0.3) is 0 Å². The maximum absolute atomic E-state index is 12.0. The first-order valence-electron chi connectivity index (χ1n) is 6.36. The quantitative estimate of drug-likeness (QED) is 0.402. The van der Waals surface area contributed by atoms with Crippen molar-refractivity contribution in [3.05, 3.63) is 0 Å². The average molecular weight is 242 g/mol. The van der Waals surface area contributed by atoms with Crippen LogP contribution < -0.4 is 10.6 Å². The van der Waals surface area contributed by atoms with Crippen molar-refractivity contribution in [3.8, 4) is 0 Å². The van der Waals surface area contributed by atoms with E-state index in [1.54, 1.807) is 0 Å². The molecule has 2 aliphatic heterocycles. The Morgan fingerprint density at radius 1 is 1.47 bits per heavy atom. The lowest BCUT2D eigenvalue weighted by atomic mass is 9.93. The van der Waals surface area contributed by atoms with E-state index in [-0.39, 0.29) is 23.5 Å². The van der Waals surface area contributed by atoms with Crippen molar-refractivity contribution in [3.63, 3.8) is 0 Å². The molecule has 5 nitrogen and oxygen atoms in total. The summed E-state index contributed by atoms with van der Waals surface area (Å²) in [6, 6.07) is 0.439. The van der Waals surface area contributed by atoms with Crippen LogP contribution in [0.15, 0.2) is 0 Å². The van der Waals surface area contributed by atoms with Gasteiger partial charge in [0.1, 0.15) is 0 Å². The molecule has 2 fully saturated rings. The van der Waals surface area contributed by atoms with Gasteiger partial charge in [0.05, 0.1) is 17.6 Å². The van der Waals surface area contributed by atoms with Crippen molar-refractivity contribution >= 4 is 5.97 Å². The molecular weight excluding hydrogens is 220 g/mol. The number of fused-ring (bicyclic) bond motifs is 1. The second-order valence-electron chi connectivity index (χ2n) is 5.17. The van der Waals surface area contributed by atoms with E-state index in [0.29, 0.717) is 12.6 Å². The standard InChI is InChI=1S/C12H22N2O3/c1-5-16-11(7(2)3)17-10(15)8(4)12-9(14-12)6-13-12/h7-9,11,13-14H,5-6H2,1-4H3. The van der Waals surface area contributed by atoms with E-state index in [9.17, 15) is 4.79 Å². The van der Waals surface area contributed by atoms with E-state index < -0.39 is 6.29 Å². The Morgan fingerprint density at radius 2 is 2.18 bits per heavy atom. The maximum atomic E-state index is 12.0. The molecule has 0 aliphatic carbocycles. The monoisotopic (exact) mass is 242 g/mol. The zero-order valence-corrected chi connectivity index (χ0v) is 10.9. The Morgan fingerprint density at radius 3 is 2.53 bits per heavy atom. The first kappa shape index (κ1) is 12.8. The van der Waals surface area contributed by atoms with Crippen LogP contribution in [-0.4, -0.2) is 37.1 Å². The summed E-state index contributed by atoms with van der Waals surface area (Å²) >= 11 is 0. The smallest absolute Gasteiger partial charge is 0.314 e. The van der Waals surface area contributed by atoms with Gasteiger partial charge in [-0.3, -0.25) is 15.4 Å². The molecule has 0 amide bonds. The second kappa shape index (κ2) is 4.55. The Bertz CT molecular complexity index is 304. The van der Waals surface area contributed by atoms with Crippen molar-refractivity contribution in [2.75, 3.05) is 13.2 Å². The van der Waals surface area contributed by atoms with Crippen LogP contribution in [0, 0.1) is 11.8 Å². The Hall–Kier alpha value is -0.650. The van der Waals surface area contributed by atoms with Crippen LogP contribution >= 0.6 is 0 Å². The molecule has 98 valence electrons. The third kappa shape index (κ3) is 2.19. The first-order valence-corrected chi connectivity index (χ1v) is 6.36. The summed E-state index contributed by atoms with van der Waals surface area (Å²) in [5.74, 6) is -0.205. The molecule has 0 spiro atoms. The third-order valence-corrected chi connectivity index (χ3v) is 3.62. The predicted molar refractivity (Wildman–Crippen MR) is 63.2 cm³/mol. The molecular formula is C12H22N2O3. The molecule has 0 bridgehead atoms. The Labute approximate surface area is 102 Å². The summed E-state index contributed by atoms with van der Waals surface area (Å²) in [5.41, 5.74) is -0.190. The highest BCUT2D eigenvalue weighted by molar-refractivity contribution is 5.75. The van der Waals surface area contributed by atoms with Gasteiger partial charge in [-0.2, -0.15) is 0 Å². The molecule has 17 heavy (non-hydrogen) atoms. The fraction of sp³-hybridized carbons (Fsp3) is 0.917. The summed E-state index contributed by atoms with van der Waals surface area (Å²) in [6.07, 6.45) is -0.441. The number of carbonyl (C=O) groups excluding carboxylic acids is 1. The number of esters is 1. The molecule has 0 saturated carbocycles. The van der Waals surface area contributed by atoms with Crippen molar-refractivity contribution in [1.82, 2.24) is 10.6 Å². The average Bonchev–Trinajstić information content (AvgIpc) is 2.79. The van der Waals surface area contributed by atoms with Crippen LogP contribution in [0.2, 0.25) is 0 Å². The minimum Gasteiger partial charge on any atom is -0.435 e. The number of rotatable bonds is 6. The zero-order chi connectivity index (χ0) is 12.6. The summed E-state index contributed by atoms with van der Waals surface area (Å²) in [4.78, 5) is 12.0. The minimum absolute atomic E-state index is 0.168. The van der Waals surface area contributed by atoms with E-state index in [1.807, 2.05) is 27.7 Å². The number of hydrogen-bond donors (Lipinski definition) is 2. The molecule has 2 N–H and O–H groups in total. The van der Waals surface area contributed by atoms with Crippen LogP contribution in [0.3, 0.4) is 0 Å². The van der Waals surface area contributed by atoms with Crippen molar-refractivity contribution < 1.29 is 14.3 Å². The van der Waals surface area contributed by atoms with Gasteiger partial charge in [0.2, 0.25) is 6.29 Å². The van der Waals surface area contributed by atoms with Crippen molar-refractivity contribution in [2.24, 2.45) is 11.8 Å². The minimum atomic E-state index is -0.441. The van der Waals surface area contributed by atoms with E-state index in [4.69, 9.17) is 9.47 Å². The van der Waals surface area contributed by atoms with E-state index in [1.165, 1.54) is 0 Å². The fourth-order valence-electron chi connectivity index (χ4n) is 2.28. The summed E-state index contributed by atoms with van der Waals surface area (Å²) < 4.78 is 10.8. The van der Waals surface area contributed by atoms with E-state index in [2.05, 4.69) is 10.6 Å². The fourth-order valence-corrected chi connectivity index (χ4v) is 2.28. The molecule has 4 atom stereocenters. The topological polar surface area (TPSA) is 69.5 Å². The molecule has 0 radical (unpaired) electrons. The lowest BCUT2D eigenvalue weighted by molar-refractivity contribution is -0.193. The molecule has 5 heteroatoms. The third-order valence-electron chi connectivity index (χ3n) is 3.62. The Kier molecular flexibility index (Phi) is 3.43. The highest BCUT2D eigenvalue weighted by Crippen LogP contribution is 2.39. The highest BCUT2D eigenvalue weighted by Gasteiger charge is 2.66. The van der Waals surface area contributed by atoms with Gasteiger partial charge in [-0.1, -0.05) is 13.8 Å². The van der Waals surface area contributed by atoms with Crippen molar-refractivity contribution in [1.29, 1.82) is 0 Å². The highest BCUT2D eigenvalue weighted by atomic mass is 16.7. The van der Waals surface area contributed by atoms with Crippen LogP contribution in [0.1, 0.15) is 27.7 Å². The van der Waals surface area contributed by atoms with E-state index in [0.717, 1.165) is 6.54 Å². The second-order valence-corrected chi connectivity index (χ2v) is 5.17. The van der Waals surface area contributed by atoms with Gasteiger partial charge in [0.15, 0.2) is 0 Å². The summed E-state index contributed by atoms with van der Waals surface area (Å²) in [7, 11) is 0. The van der Waals surface area contributed by atoms with Crippen LogP contribution in [-0.2, 0) is 14.3 Å². The predicted octanol–water partition coefficient (Wildman–Crippen LogP) is 0.456. The van der Waals surface area contributed by atoms with Crippen LogP contribution in [0.5, 0.6) is 0 Å². The largest absolute Gasteiger partial charge is 0.435 e. The SMILES string of the molecule is CCOC(OC(=O)C(C)C12NCC1N2)C(C)C. The maximum Gasteiger partial charge on any atom is 0.314 e.